The van der Waals surface area contributed by atoms with E-state index in [1.54, 1.807) is 35.3 Å². The summed E-state index contributed by atoms with van der Waals surface area (Å²) in [5.41, 5.74) is 4.75. The van der Waals surface area contributed by atoms with Gasteiger partial charge in [-0.25, -0.2) is 9.07 Å². The standard InChI is InChI=1S/C31H32FN5O2S/c1-20-8-5-10-22(14-20)28-27-29(31(2,3)4)35-37(24-12-6-11-23(32)15-24)30(27)36(26(39)19-40-28)18-25(38)34-17-21-9-7-13-33-16-21/h5-16,28H,17-19H2,1-4H3,(H,34,38)/t28-/m0/s1. The number of aryl methyl sites for hydroxylation is 1. The Morgan fingerprint density at radius 2 is 1.93 bits per heavy atom. The quantitative estimate of drug-likeness (QED) is 0.339. The number of nitrogens with zero attached hydrogens (tertiary/aromatic N) is 4. The van der Waals surface area contributed by atoms with Crippen LogP contribution in [0.1, 0.15) is 54.0 Å². The fourth-order valence-corrected chi connectivity index (χ4v) is 6.05. The van der Waals surface area contributed by atoms with E-state index >= 15 is 0 Å². The van der Waals surface area contributed by atoms with E-state index in [1.165, 1.54) is 28.8 Å². The van der Waals surface area contributed by atoms with Gasteiger partial charge >= 0.3 is 0 Å². The van der Waals surface area contributed by atoms with Gasteiger partial charge in [0, 0.05) is 29.9 Å². The monoisotopic (exact) mass is 557 g/mol. The van der Waals surface area contributed by atoms with E-state index in [1.807, 2.05) is 25.1 Å². The summed E-state index contributed by atoms with van der Waals surface area (Å²) in [4.78, 5) is 32.6. The van der Waals surface area contributed by atoms with Crippen molar-refractivity contribution in [2.24, 2.45) is 0 Å². The maximum atomic E-state index is 14.4. The van der Waals surface area contributed by atoms with Crippen molar-refractivity contribution in [3.05, 3.63) is 107 Å². The Labute approximate surface area is 237 Å². The number of aromatic nitrogens is 3. The van der Waals surface area contributed by atoms with Crippen LogP contribution in [0.5, 0.6) is 0 Å². The van der Waals surface area contributed by atoms with E-state index in [-0.39, 0.29) is 29.4 Å². The van der Waals surface area contributed by atoms with Crippen molar-refractivity contribution in [2.45, 2.75) is 44.9 Å². The van der Waals surface area contributed by atoms with Crippen LogP contribution in [0, 0.1) is 12.7 Å². The normalized spacial score (nSPS) is 15.5. The molecule has 1 N–H and O–H groups in total. The molecule has 206 valence electrons. The number of thioether (sulfide) groups is 1. The third-order valence-corrected chi connectivity index (χ3v) is 7.97. The summed E-state index contributed by atoms with van der Waals surface area (Å²) in [5, 5.41) is 7.70. The van der Waals surface area contributed by atoms with Gasteiger partial charge in [0.25, 0.3) is 0 Å². The Morgan fingerprint density at radius 3 is 2.62 bits per heavy atom. The smallest absolute Gasteiger partial charge is 0.240 e. The molecule has 7 nitrogen and oxygen atoms in total. The predicted octanol–water partition coefficient (Wildman–Crippen LogP) is 5.50. The van der Waals surface area contributed by atoms with Crippen molar-refractivity contribution < 1.29 is 14.0 Å². The molecule has 9 heteroatoms. The molecule has 5 rings (SSSR count). The molecule has 1 aliphatic rings. The van der Waals surface area contributed by atoms with Crippen molar-refractivity contribution in [2.75, 3.05) is 17.2 Å². The number of amides is 2. The second-order valence-corrected chi connectivity index (χ2v) is 12.0. The summed E-state index contributed by atoms with van der Waals surface area (Å²) in [6.45, 7) is 8.34. The first-order valence-corrected chi connectivity index (χ1v) is 14.2. The molecule has 0 fully saturated rings. The number of hydrogen-bond acceptors (Lipinski definition) is 5. The molecule has 0 bridgehead atoms. The zero-order valence-electron chi connectivity index (χ0n) is 23.0. The number of pyridine rings is 1. The van der Waals surface area contributed by atoms with Gasteiger partial charge in [-0.1, -0.05) is 62.7 Å². The van der Waals surface area contributed by atoms with Gasteiger partial charge in [0.05, 0.1) is 22.4 Å². The first kappa shape index (κ1) is 27.6. The molecule has 40 heavy (non-hydrogen) atoms. The minimum atomic E-state index is -0.413. The molecule has 3 heterocycles. The second-order valence-electron chi connectivity index (χ2n) is 11.0. The maximum absolute atomic E-state index is 14.4. The number of hydrogen-bond donors (Lipinski definition) is 1. The summed E-state index contributed by atoms with van der Waals surface area (Å²) in [6, 6.07) is 18.0. The first-order chi connectivity index (χ1) is 19.1. The third-order valence-electron chi connectivity index (χ3n) is 6.71. The highest BCUT2D eigenvalue weighted by atomic mass is 32.2. The zero-order valence-corrected chi connectivity index (χ0v) is 23.8. The van der Waals surface area contributed by atoms with Crippen molar-refractivity contribution in [3.63, 3.8) is 0 Å². The van der Waals surface area contributed by atoms with E-state index < -0.39 is 11.2 Å². The summed E-state index contributed by atoms with van der Waals surface area (Å²) in [7, 11) is 0. The lowest BCUT2D eigenvalue weighted by molar-refractivity contribution is -0.123. The van der Waals surface area contributed by atoms with Crippen LogP contribution in [0.15, 0.2) is 73.1 Å². The summed E-state index contributed by atoms with van der Waals surface area (Å²) < 4.78 is 16.1. The zero-order chi connectivity index (χ0) is 28.4. The fraction of sp³-hybridized carbons (Fsp3) is 0.290. The van der Waals surface area contributed by atoms with E-state index in [0.717, 1.165) is 27.9 Å². The average molecular weight is 558 g/mol. The molecule has 0 aliphatic carbocycles. The van der Waals surface area contributed by atoms with Crippen LogP contribution in [-0.4, -0.2) is 38.9 Å². The third kappa shape index (κ3) is 5.79. The Kier molecular flexibility index (Phi) is 7.76. The van der Waals surface area contributed by atoms with Gasteiger partial charge in [0.2, 0.25) is 11.8 Å². The summed E-state index contributed by atoms with van der Waals surface area (Å²) in [5.74, 6) is -0.268. The maximum Gasteiger partial charge on any atom is 0.240 e. The van der Waals surface area contributed by atoms with E-state index in [9.17, 15) is 14.0 Å². The predicted molar refractivity (Wildman–Crippen MR) is 156 cm³/mol. The fourth-order valence-electron chi connectivity index (χ4n) is 4.86. The minimum absolute atomic E-state index is 0.176. The van der Waals surface area contributed by atoms with Crippen molar-refractivity contribution in [1.82, 2.24) is 20.1 Å². The van der Waals surface area contributed by atoms with Crippen LogP contribution in [0.4, 0.5) is 10.2 Å². The summed E-state index contributed by atoms with van der Waals surface area (Å²) in [6.07, 6.45) is 3.36. The molecular formula is C31H32FN5O2S. The molecular weight excluding hydrogens is 525 g/mol. The second kappa shape index (κ2) is 11.3. The van der Waals surface area contributed by atoms with Gasteiger partial charge in [-0.2, -0.15) is 5.10 Å². The van der Waals surface area contributed by atoms with E-state index in [0.29, 0.717) is 18.1 Å². The molecule has 0 radical (unpaired) electrons. The minimum Gasteiger partial charge on any atom is -0.350 e. The topological polar surface area (TPSA) is 80.1 Å². The number of halogens is 1. The van der Waals surface area contributed by atoms with Crippen molar-refractivity contribution in [1.29, 1.82) is 0 Å². The Morgan fingerprint density at radius 1 is 1.12 bits per heavy atom. The number of fused-ring (bicyclic) bond motifs is 1. The number of rotatable bonds is 6. The molecule has 4 aromatic rings. The highest BCUT2D eigenvalue weighted by molar-refractivity contribution is 8.00. The van der Waals surface area contributed by atoms with Crippen LogP contribution in [0.25, 0.3) is 5.69 Å². The Bertz CT molecular complexity index is 1550. The molecule has 1 aliphatic heterocycles. The first-order valence-electron chi connectivity index (χ1n) is 13.2. The average Bonchev–Trinajstić information content (AvgIpc) is 3.26. The highest BCUT2D eigenvalue weighted by Crippen LogP contribution is 2.48. The van der Waals surface area contributed by atoms with Gasteiger partial charge < -0.3 is 5.32 Å². The lowest BCUT2D eigenvalue weighted by Crippen LogP contribution is -2.42. The van der Waals surface area contributed by atoms with Crippen LogP contribution in [-0.2, 0) is 21.5 Å². The van der Waals surface area contributed by atoms with Gasteiger partial charge in [-0.3, -0.25) is 19.5 Å². The van der Waals surface area contributed by atoms with Crippen molar-refractivity contribution >= 4 is 29.4 Å². The number of anilines is 1. The van der Waals surface area contributed by atoms with Gasteiger partial charge in [0.15, 0.2) is 0 Å². The Hall–Kier alpha value is -3.98. The molecule has 0 spiro atoms. The summed E-state index contributed by atoms with van der Waals surface area (Å²) >= 11 is 1.52. The molecule has 0 saturated carbocycles. The number of carbonyl (C=O) groups excluding carboxylic acids is 2. The van der Waals surface area contributed by atoms with Gasteiger partial charge in [0.1, 0.15) is 18.2 Å². The van der Waals surface area contributed by atoms with Crippen LogP contribution in [0.2, 0.25) is 0 Å². The molecule has 2 aromatic carbocycles. The molecule has 0 unspecified atom stereocenters. The van der Waals surface area contributed by atoms with Gasteiger partial charge in [-0.05, 0) is 42.3 Å². The van der Waals surface area contributed by atoms with Crippen LogP contribution in [0.3, 0.4) is 0 Å². The van der Waals surface area contributed by atoms with E-state index in [4.69, 9.17) is 5.10 Å². The number of benzene rings is 2. The largest absolute Gasteiger partial charge is 0.350 e. The number of carbonyl (C=O) groups is 2. The van der Waals surface area contributed by atoms with Gasteiger partial charge in [-0.15, -0.1) is 11.8 Å². The number of nitrogens with one attached hydrogen (secondary N) is 1. The molecule has 1 atom stereocenters. The van der Waals surface area contributed by atoms with E-state index in [2.05, 4.69) is 43.2 Å². The van der Waals surface area contributed by atoms with Crippen LogP contribution >= 0.6 is 11.8 Å². The Balaban J connectivity index is 1.66. The molecule has 2 amide bonds. The van der Waals surface area contributed by atoms with Crippen molar-refractivity contribution in [3.8, 4) is 5.69 Å². The highest BCUT2D eigenvalue weighted by Gasteiger charge is 2.40. The molecule has 2 aromatic heterocycles. The molecule has 0 saturated heterocycles. The lowest BCUT2D eigenvalue weighted by atomic mass is 9.87. The lowest BCUT2D eigenvalue weighted by Gasteiger charge is -2.24. The SMILES string of the molecule is Cc1cccc([C@@H]2SCC(=O)N(CC(=O)NCc3cccnc3)c3c2c(C(C)(C)C)nn3-c2cccc(F)c2)c1. The van der Waals surface area contributed by atoms with Crippen LogP contribution < -0.4 is 10.2 Å².